The quantitative estimate of drug-likeness (QED) is 0.854. The molecule has 1 N–H and O–H groups in total. The van der Waals surface area contributed by atoms with Gasteiger partial charge < -0.3 is 14.6 Å². The number of phenolic OH excluding ortho intramolecular Hbond substituents is 1. The van der Waals surface area contributed by atoms with Crippen molar-refractivity contribution < 1.29 is 14.6 Å². The fraction of sp³-hybridized carbons (Fsp3) is 0.235. The summed E-state index contributed by atoms with van der Waals surface area (Å²) in [6.07, 6.45) is 1.65. The van der Waals surface area contributed by atoms with Crippen molar-refractivity contribution >= 4 is 6.21 Å². The first kappa shape index (κ1) is 14.9. The highest BCUT2D eigenvalue weighted by molar-refractivity contribution is 5.84. The third-order valence-electron chi connectivity index (χ3n) is 3.26. The summed E-state index contributed by atoms with van der Waals surface area (Å²) in [5.41, 5.74) is 1.62. The van der Waals surface area contributed by atoms with E-state index in [4.69, 9.17) is 9.47 Å². The zero-order chi connectivity index (χ0) is 15.2. The van der Waals surface area contributed by atoms with Crippen LogP contribution in [-0.2, 0) is 0 Å². The highest BCUT2D eigenvalue weighted by Crippen LogP contribution is 2.27. The highest BCUT2D eigenvalue weighted by Gasteiger charge is 2.09. The molecule has 2 aromatic carbocycles. The van der Waals surface area contributed by atoms with Crippen LogP contribution in [0.3, 0.4) is 0 Å². The van der Waals surface area contributed by atoms with Gasteiger partial charge in [-0.1, -0.05) is 18.2 Å². The first-order valence-electron chi connectivity index (χ1n) is 6.68. The molecule has 0 fully saturated rings. The second kappa shape index (κ2) is 6.79. The molecule has 4 nitrogen and oxygen atoms in total. The minimum Gasteiger partial charge on any atom is -0.507 e. The number of hydrogen-bond donors (Lipinski definition) is 1. The van der Waals surface area contributed by atoms with Crippen LogP contribution in [0.4, 0.5) is 0 Å². The van der Waals surface area contributed by atoms with Gasteiger partial charge in [0.1, 0.15) is 17.2 Å². The maximum absolute atomic E-state index is 9.84. The molecule has 0 aliphatic heterocycles. The molecule has 0 spiro atoms. The van der Waals surface area contributed by atoms with E-state index in [1.807, 2.05) is 31.2 Å². The molecule has 2 aromatic rings. The van der Waals surface area contributed by atoms with Crippen molar-refractivity contribution in [3.8, 4) is 17.2 Å². The van der Waals surface area contributed by atoms with Gasteiger partial charge in [-0.05, 0) is 31.2 Å². The van der Waals surface area contributed by atoms with Gasteiger partial charge in [0.05, 0.1) is 20.3 Å². The first-order chi connectivity index (χ1) is 10.2. The molecule has 4 heteroatoms. The van der Waals surface area contributed by atoms with Gasteiger partial charge in [0.2, 0.25) is 0 Å². The number of aromatic hydroxyl groups is 1. The van der Waals surface area contributed by atoms with Crippen LogP contribution >= 0.6 is 0 Å². The summed E-state index contributed by atoms with van der Waals surface area (Å²) in [5, 5.41) is 9.84. The lowest BCUT2D eigenvalue weighted by Gasteiger charge is -2.11. The van der Waals surface area contributed by atoms with Crippen molar-refractivity contribution in [2.45, 2.75) is 13.0 Å². The van der Waals surface area contributed by atoms with Gasteiger partial charge >= 0.3 is 0 Å². The van der Waals surface area contributed by atoms with Crippen molar-refractivity contribution in [1.82, 2.24) is 0 Å². The standard InChI is InChI=1S/C17H19NO3/c1-12(15-6-4-5-7-17(15)21-3)18-11-13-10-14(20-2)8-9-16(13)19/h4-12,19H,1-3H3/t12-/m1/s1. The highest BCUT2D eigenvalue weighted by atomic mass is 16.5. The molecule has 0 bridgehead atoms. The van der Waals surface area contributed by atoms with Gasteiger partial charge in [0.15, 0.2) is 0 Å². The molecule has 1 atom stereocenters. The fourth-order valence-corrected chi connectivity index (χ4v) is 2.05. The zero-order valence-corrected chi connectivity index (χ0v) is 12.4. The summed E-state index contributed by atoms with van der Waals surface area (Å²) in [7, 11) is 3.23. The lowest BCUT2D eigenvalue weighted by molar-refractivity contribution is 0.407. The van der Waals surface area contributed by atoms with E-state index in [2.05, 4.69) is 4.99 Å². The van der Waals surface area contributed by atoms with Crippen LogP contribution in [0, 0.1) is 0 Å². The molecule has 0 unspecified atom stereocenters. The van der Waals surface area contributed by atoms with Crippen molar-refractivity contribution in [3.05, 3.63) is 53.6 Å². The van der Waals surface area contributed by atoms with E-state index in [-0.39, 0.29) is 11.8 Å². The molecule has 0 amide bonds. The Balaban J connectivity index is 2.24. The number of methoxy groups -OCH3 is 2. The topological polar surface area (TPSA) is 51.0 Å². The molecule has 0 heterocycles. The lowest BCUT2D eigenvalue weighted by atomic mass is 10.1. The van der Waals surface area contributed by atoms with Crippen LogP contribution in [0.25, 0.3) is 0 Å². The van der Waals surface area contributed by atoms with Gasteiger partial charge in [0, 0.05) is 17.3 Å². The smallest absolute Gasteiger partial charge is 0.124 e. The summed E-state index contributed by atoms with van der Waals surface area (Å²) < 4.78 is 10.5. The van der Waals surface area contributed by atoms with Crippen LogP contribution in [-0.4, -0.2) is 25.5 Å². The lowest BCUT2D eigenvalue weighted by Crippen LogP contribution is -1.96. The van der Waals surface area contributed by atoms with E-state index in [1.54, 1.807) is 38.6 Å². The Morgan fingerprint density at radius 1 is 1.10 bits per heavy atom. The summed E-state index contributed by atoms with van der Waals surface area (Å²) in [5.74, 6) is 1.66. The third-order valence-corrected chi connectivity index (χ3v) is 3.26. The predicted molar refractivity (Wildman–Crippen MR) is 83.7 cm³/mol. The molecule has 0 radical (unpaired) electrons. The maximum Gasteiger partial charge on any atom is 0.124 e. The second-order valence-corrected chi connectivity index (χ2v) is 4.62. The number of phenols is 1. The Morgan fingerprint density at radius 2 is 1.86 bits per heavy atom. The van der Waals surface area contributed by atoms with Crippen molar-refractivity contribution in [1.29, 1.82) is 0 Å². The molecule has 0 aromatic heterocycles. The minimum atomic E-state index is -0.0771. The number of benzene rings is 2. The van der Waals surface area contributed by atoms with E-state index in [0.29, 0.717) is 11.3 Å². The van der Waals surface area contributed by atoms with Gasteiger partial charge in [-0.3, -0.25) is 4.99 Å². The minimum absolute atomic E-state index is 0.0771. The van der Waals surface area contributed by atoms with E-state index >= 15 is 0 Å². The maximum atomic E-state index is 9.84. The molecule has 0 saturated heterocycles. The molecule has 21 heavy (non-hydrogen) atoms. The van der Waals surface area contributed by atoms with E-state index < -0.39 is 0 Å². The van der Waals surface area contributed by atoms with Gasteiger partial charge in [-0.15, -0.1) is 0 Å². The Hall–Kier alpha value is -2.49. The van der Waals surface area contributed by atoms with Crippen LogP contribution in [0.1, 0.15) is 24.1 Å². The van der Waals surface area contributed by atoms with Crippen molar-refractivity contribution in [2.24, 2.45) is 4.99 Å². The molecular weight excluding hydrogens is 266 g/mol. The molecule has 110 valence electrons. The molecule has 2 rings (SSSR count). The number of aliphatic imine (C=N–C) groups is 1. The predicted octanol–water partition coefficient (Wildman–Crippen LogP) is 3.59. The number of rotatable bonds is 5. The second-order valence-electron chi connectivity index (χ2n) is 4.62. The van der Waals surface area contributed by atoms with Crippen LogP contribution < -0.4 is 9.47 Å². The molecular formula is C17H19NO3. The van der Waals surface area contributed by atoms with Crippen molar-refractivity contribution in [2.75, 3.05) is 14.2 Å². The molecule has 0 aliphatic rings. The average molecular weight is 285 g/mol. The largest absolute Gasteiger partial charge is 0.507 e. The number of ether oxygens (including phenoxy) is 2. The molecule has 0 aliphatic carbocycles. The zero-order valence-electron chi connectivity index (χ0n) is 12.4. The molecule has 0 saturated carbocycles. The Bertz CT molecular complexity index is 638. The summed E-state index contributed by atoms with van der Waals surface area (Å²) >= 11 is 0. The van der Waals surface area contributed by atoms with E-state index in [0.717, 1.165) is 11.3 Å². The van der Waals surface area contributed by atoms with Gasteiger partial charge in [-0.2, -0.15) is 0 Å². The number of para-hydroxylation sites is 1. The summed E-state index contributed by atoms with van der Waals surface area (Å²) in [6, 6.07) is 12.7. The van der Waals surface area contributed by atoms with Crippen LogP contribution in [0.5, 0.6) is 17.2 Å². The number of nitrogens with zero attached hydrogens (tertiary/aromatic N) is 1. The Kier molecular flexibility index (Phi) is 4.82. The SMILES string of the molecule is COc1ccc(O)c(C=N[C@H](C)c2ccccc2OC)c1. The van der Waals surface area contributed by atoms with Gasteiger partial charge in [-0.25, -0.2) is 0 Å². The monoisotopic (exact) mass is 285 g/mol. The average Bonchev–Trinajstić information content (AvgIpc) is 2.53. The van der Waals surface area contributed by atoms with Gasteiger partial charge in [0.25, 0.3) is 0 Å². The summed E-state index contributed by atoms with van der Waals surface area (Å²) in [6.45, 7) is 1.98. The number of hydrogen-bond acceptors (Lipinski definition) is 4. The van der Waals surface area contributed by atoms with E-state index in [9.17, 15) is 5.11 Å². The first-order valence-corrected chi connectivity index (χ1v) is 6.68. The van der Waals surface area contributed by atoms with E-state index in [1.165, 1.54) is 0 Å². The fourth-order valence-electron chi connectivity index (χ4n) is 2.05. The normalized spacial score (nSPS) is 12.3. The summed E-state index contributed by atoms with van der Waals surface area (Å²) in [4.78, 5) is 4.49. The third kappa shape index (κ3) is 3.54. The van der Waals surface area contributed by atoms with Crippen LogP contribution in [0.2, 0.25) is 0 Å². The van der Waals surface area contributed by atoms with Crippen LogP contribution in [0.15, 0.2) is 47.5 Å². The van der Waals surface area contributed by atoms with Crippen molar-refractivity contribution in [3.63, 3.8) is 0 Å². The Labute approximate surface area is 124 Å². The Morgan fingerprint density at radius 3 is 2.57 bits per heavy atom.